The molecule has 1 aromatic heterocycles. The first-order chi connectivity index (χ1) is 8.22. The zero-order valence-corrected chi connectivity index (χ0v) is 11.4. The van der Waals surface area contributed by atoms with Gasteiger partial charge in [0.15, 0.2) is 0 Å². The Kier molecular flexibility index (Phi) is 5.56. The molecule has 2 atom stereocenters. The first-order valence-corrected chi connectivity index (χ1v) is 6.11. The van der Waals surface area contributed by atoms with Gasteiger partial charge in [0.05, 0.1) is 0 Å². The molecule has 0 spiro atoms. The number of pyridine rings is 1. The van der Waals surface area contributed by atoms with Crippen LogP contribution in [0.25, 0.3) is 0 Å². The highest BCUT2D eigenvalue weighted by atomic mass is 35.5. The number of halogens is 1. The van der Waals surface area contributed by atoms with Gasteiger partial charge in [-0.25, -0.2) is 0 Å². The minimum absolute atomic E-state index is 0. The van der Waals surface area contributed by atoms with Crippen molar-refractivity contribution in [3.8, 4) is 0 Å². The number of carbonyl (C=O) groups excluding carboxylic acids is 1. The summed E-state index contributed by atoms with van der Waals surface area (Å²) >= 11 is 0. The quantitative estimate of drug-likeness (QED) is 0.886. The maximum absolute atomic E-state index is 12.2. The van der Waals surface area contributed by atoms with E-state index in [-0.39, 0.29) is 18.3 Å². The number of hydrogen-bond acceptors (Lipinski definition) is 3. The summed E-state index contributed by atoms with van der Waals surface area (Å²) in [6.07, 6.45) is 4.35. The lowest BCUT2D eigenvalue weighted by atomic mass is 9.87. The van der Waals surface area contributed by atoms with E-state index < -0.39 is 0 Å². The molecule has 2 heterocycles. The van der Waals surface area contributed by atoms with Crippen LogP contribution in [0, 0.1) is 11.8 Å². The third-order valence-electron chi connectivity index (χ3n) is 3.63. The zero-order chi connectivity index (χ0) is 12.3. The molecule has 0 bridgehead atoms. The first kappa shape index (κ1) is 14.9. The second kappa shape index (κ2) is 6.71. The largest absolute Gasteiger partial charge is 0.338 e. The molecule has 0 aromatic carbocycles. The molecule has 1 amide bonds. The molecule has 5 heteroatoms. The summed E-state index contributed by atoms with van der Waals surface area (Å²) in [6, 6.07) is 3.52. The van der Waals surface area contributed by atoms with Gasteiger partial charge in [-0.05, 0) is 36.9 Å². The number of aromatic nitrogens is 1. The Hall–Kier alpha value is -1.13. The summed E-state index contributed by atoms with van der Waals surface area (Å²) in [6.45, 7) is 4.48. The van der Waals surface area contributed by atoms with Crippen LogP contribution in [0.2, 0.25) is 0 Å². The van der Waals surface area contributed by atoms with Crippen molar-refractivity contribution in [2.24, 2.45) is 17.6 Å². The van der Waals surface area contributed by atoms with Crippen LogP contribution in [0.1, 0.15) is 23.7 Å². The highest BCUT2D eigenvalue weighted by Crippen LogP contribution is 2.23. The Morgan fingerprint density at radius 2 is 2.17 bits per heavy atom. The number of nitrogens with zero attached hydrogens (tertiary/aromatic N) is 2. The van der Waals surface area contributed by atoms with Crippen LogP contribution in [0.15, 0.2) is 24.5 Å². The van der Waals surface area contributed by atoms with E-state index in [0.717, 1.165) is 19.5 Å². The molecule has 0 radical (unpaired) electrons. The van der Waals surface area contributed by atoms with Gasteiger partial charge in [-0.3, -0.25) is 9.78 Å². The smallest absolute Gasteiger partial charge is 0.253 e. The van der Waals surface area contributed by atoms with E-state index in [1.165, 1.54) is 0 Å². The second-order valence-corrected chi connectivity index (χ2v) is 4.75. The van der Waals surface area contributed by atoms with E-state index in [4.69, 9.17) is 5.73 Å². The molecule has 0 aliphatic carbocycles. The highest BCUT2D eigenvalue weighted by molar-refractivity contribution is 5.94. The summed E-state index contributed by atoms with van der Waals surface area (Å²) in [5.41, 5.74) is 6.46. The molecule has 2 rings (SSSR count). The van der Waals surface area contributed by atoms with Crippen molar-refractivity contribution >= 4 is 18.3 Å². The van der Waals surface area contributed by atoms with Crippen LogP contribution in [0.4, 0.5) is 0 Å². The van der Waals surface area contributed by atoms with E-state index in [2.05, 4.69) is 11.9 Å². The number of nitrogens with two attached hydrogens (primary N) is 1. The summed E-state index contributed by atoms with van der Waals surface area (Å²) < 4.78 is 0. The molecule has 18 heavy (non-hydrogen) atoms. The van der Waals surface area contributed by atoms with Gasteiger partial charge < -0.3 is 10.6 Å². The Morgan fingerprint density at radius 1 is 1.50 bits per heavy atom. The monoisotopic (exact) mass is 269 g/mol. The Morgan fingerprint density at radius 3 is 2.78 bits per heavy atom. The predicted octanol–water partition coefficient (Wildman–Crippen LogP) is 1.56. The van der Waals surface area contributed by atoms with E-state index in [1.54, 1.807) is 24.5 Å². The maximum atomic E-state index is 12.2. The molecular formula is C13H20ClN3O. The SMILES string of the molecule is CC1CCN(C(=O)c2ccncc2)CC1CN.Cl. The third-order valence-corrected chi connectivity index (χ3v) is 3.63. The van der Waals surface area contributed by atoms with Gasteiger partial charge in [-0.2, -0.15) is 0 Å². The van der Waals surface area contributed by atoms with Crippen LogP contribution in [-0.4, -0.2) is 35.4 Å². The average molecular weight is 270 g/mol. The lowest BCUT2D eigenvalue weighted by Gasteiger charge is -2.36. The van der Waals surface area contributed by atoms with Crippen molar-refractivity contribution in [1.29, 1.82) is 0 Å². The summed E-state index contributed by atoms with van der Waals surface area (Å²) in [7, 11) is 0. The molecule has 0 saturated carbocycles. The Bertz CT molecular complexity index is 385. The average Bonchev–Trinajstić information content (AvgIpc) is 2.39. The summed E-state index contributed by atoms with van der Waals surface area (Å²) in [5, 5.41) is 0. The number of piperidine rings is 1. The van der Waals surface area contributed by atoms with Crippen molar-refractivity contribution < 1.29 is 4.79 Å². The lowest BCUT2D eigenvalue weighted by Crippen LogP contribution is -2.45. The fourth-order valence-electron chi connectivity index (χ4n) is 2.32. The van der Waals surface area contributed by atoms with Gasteiger partial charge >= 0.3 is 0 Å². The fraction of sp³-hybridized carbons (Fsp3) is 0.538. The first-order valence-electron chi connectivity index (χ1n) is 6.11. The van der Waals surface area contributed by atoms with Crippen LogP contribution < -0.4 is 5.73 Å². The fourth-order valence-corrected chi connectivity index (χ4v) is 2.32. The van der Waals surface area contributed by atoms with Crippen LogP contribution in [0.5, 0.6) is 0 Å². The Balaban J connectivity index is 0.00000162. The van der Waals surface area contributed by atoms with Crippen molar-refractivity contribution in [3.05, 3.63) is 30.1 Å². The van der Waals surface area contributed by atoms with Gasteiger partial charge in [-0.1, -0.05) is 6.92 Å². The van der Waals surface area contributed by atoms with E-state index in [9.17, 15) is 4.79 Å². The van der Waals surface area contributed by atoms with Crippen LogP contribution in [-0.2, 0) is 0 Å². The normalized spacial score (nSPS) is 23.3. The van der Waals surface area contributed by atoms with Crippen LogP contribution >= 0.6 is 12.4 Å². The zero-order valence-electron chi connectivity index (χ0n) is 10.6. The van der Waals surface area contributed by atoms with Gasteiger partial charge in [0, 0.05) is 31.0 Å². The summed E-state index contributed by atoms with van der Waals surface area (Å²) in [5.74, 6) is 1.13. The molecule has 1 aliphatic heterocycles. The van der Waals surface area contributed by atoms with Crippen molar-refractivity contribution in [2.45, 2.75) is 13.3 Å². The molecule has 100 valence electrons. The number of carbonyl (C=O) groups is 1. The molecular weight excluding hydrogens is 250 g/mol. The molecule has 1 saturated heterocycles. The topological polar surface area (TPSA) is 59.2 Å². The minimum atomic E-state index is 0. The van der Waals surface area contributed by atoms with Gasteiger partial charge in [0.25, 0.3) is 5.91 Å². The number of hydrogen-bond donors (Lipinski definition) is 1. The second-order valence-electron chi connectivity index (χ2n) is 4.75. The van der Waals surface area contributed by atoms with Gasteiger partial charge in [0.2, 0.25) is 0 Å². The van der Waals surface area contributed by atoms with E-state index in [0.29, 0.717) is 23.9 Å². The Labute approximate surface area is 114 Å². The summed E-state index contributed by atoms with van der Waals surface area (Å²) in [4.78, 5) is 18.1. The van der Waals surface area contributed by atoms with Crippen molar-refractivity contribution in [2.75, 3.05) is 19.6 Å². The van der Waals surface area contributed by atoms with Crippen molar-refractivity contribution in [1.82, 2.24) is 9.88 Å². The third kappa shape index (κ3) is 3.21. The lowest BCUT2D eigenvalue weighted by molar-refractivity contribution is 0.0618. The van der Waals surface area contributed by atoms with Gasteiger partial charge in [0.1, 0.15) is 0 Å². The molecule has 1 aromatic rings. The molecule has 1 aliphatic rings. The van der Waals surface area contributed by atoms with E-state index in [1.807, 2.05) is 4.90 Å². The molecule has 4 nitrogen and oxygen atoms in total. The number of rotatable bonds is 2. The standard InChI is InChI=1S/C13H19N3O.ClH/c1-10-4-7-16(9-12(10)8-14)13(17)11-2-5-15-6-3-11;/h2-3,5-6,10,12H,4,7-9,14H2,1H3;1H. The minimum Gasteiger partial charge on any atom is -0.338 e. The van der Waals surface area contributed by atoms with Crippen molar-refractivity contribution in [3.63, 3.8) is 0 Å². The number of likely N-dealkylation sites (tertiary alicyclic amines) is 1. The highest BCUT2D eigenvalue weighted by Gasteiger charge is 2.28. The maximum Gasteiger partial charge on any atom is 0.253 e. The predicted molar refractivity (Wildman–Crippen MR) is 73.7 cm³/mol. The van der Waals surface area contributed by atoms with Gasteiger partial charge in [-0.15, -0.1) is 12.4 Å². The molecule has 2 N–H and O–H groups in total. The molecule has 2 unspecified atom stereocenters. The molecule has 1 fully saturated rings. The van der Waals surface area contributed by atoms with Crippen LogP contribution in [0.3, 0.4) is 0 Å². The number of amides is 1. The van der Waals surface area contributed by atoms with E-state index >= 15 is 0 Å².